The third-order valence-electron chi connectivity index (χ3n) is 9.59. The quantitative estimate of drug-likeness (QED) is 0.268. The summed E-state index contributed by atoms with van der Waals surface area (Å²) in [5.74, 6) is 0.525. The van der Waals surface area contributed by atoms with Crippen molar-refractivity contribution < 1.29 is 24.1 Å². The summed E-state index contributed by atoms with van der Waals surface area (Å²) >= 11 is 1.58. The molecule has 0 unspecified atom stereocenters. The minimum Gasteiger partial charge on any atom is -0.496 e. The zero-order chi connectivity index (χ0) is 30.6. The number of thiazole rings is 1. The van der Waals surface area contributed by atoms with E-state index >= 15 is 0 Å². The Kier molecular flexibility index (Phi) is 9.74. The van der Waals surface area contributed by atoms with Gasteiger partial charge in [-0.25, -0.2) is 4.98 Å². The Balaban J connectivity index is 1.17. The van der Waals surface area contributed by atoms with Crippen LogP contribution in [0.4, 0.5) is 5.13 Å². The van der Waals surface area contributed by atoms with Crippen molar-refractivity contribution in [1.82, 2.24) is 9.88 Å². The van der Waals surface area contributed by atoms with Crippen LogP contribution in [0.25, 0.3) is 11.3 Å². The molecule has 3 heterocycles. The number of aliphatic carboxylic acids is 1. The van der Waals surface area contributed by atoms with Crippen LogP contribution in [0.5, 0.6) is 11.5 Å². The molecule has 236 valence electrons. The van der Waals surface area contributed by atoms with Gasteiger partial charge in [0.15, 0.2) is 5.13 Å². The predicted octanol–water partition coefficient (Wildman–Crippen LogP) is 6.71. The highest BCUT2D eigenvalue weighted by molar-refractivity contribution is 7.14. The Morgan fingerprint density at radius 2 is 1.98 bits per heavy atom. The molecule has 3 aliphatic rings. The van der Waals surface area contributed by atoms with Gasteiger partial charge in [-0.2, -0.15) is 0 Å². The molecule has 1 saturated carbocycles. The van der Waals surface area contributed by atoms with E-state index in [-0.39, 0.29) is 6.10 Å². The topological polar surface area (TPSA) is 84.4 Å². The maximum Gasteiger partial charge on any atom is 0.309 e. The minimum absolute atomic E-state index is 0.347. The molecule has 8 nitrogen and oxygen atoms in total. The van der Waals surface area contributed by atoms with Crippen molar-refractivity contribution in [3.63, 3.8) is 0 Å². The average Bonchev–Trinajstić information content (AvgIpc) is 3.54. The maximum atomic E-state index is 11.8. The van der Waals surface area contributed by atoms with E-state index in [0.717, 1.165) is 58.5 Å². The van der Waals surface area contributed by atoms with Crippen molar-refractivity contribution in [3.8, 4) is 22.8 Å². The summed E-state index contributed by atoms with van der Waals surface area (Å²) in [4.78, 5) is 21.6. The highest BCUT2D eigenvalue weighted by atomic mass is 32.1. The Bertz CT molecular complexity index is 1430. The minimum atomic E-state index is -0.789. The lowest BCUT2D eigenvalue weighted by Crippen LogP contribution is -2.48. The number of piperidine rings is 1. The molecule has 6 rings (SSSR count). The highest BCUT2D eigenvalue weighted by Crippen LogP contribution is 2.38. The van der Waals surface area contributed by atoms with Crippen LogP contribution in [0.15, 0.2) is 35.7 Å². The van der Waals surface area contributed by atoms with Gasteiger partial charge in [-0.3, -0.25) is 9.69 Å². The van der Waals surface area contributed by atoms with E-state index in [1.807, 2.05) is 13.0 Å². The molecule has 2 aliphatic heterocycles. The van der Waals surface area contributed by atoms with Gasteiger partial charge in [0.1, 0.15) is 18.1 Å². The molecule has 0 radical (unpaired) electrons. The number of methoxy groups -OCH3 is 1. The number of rotatable bonds is 10. The van der Waals surface area contributed by atoms with Crippen LogP contribution in [-0.4, -0.2) is 66.5 Å². The first-order chi connectivity index (χ1) is 21.4. The number of ether oxygens (including phenoxy) is 3. The van der Waals surface area contributed by atoms with Gasteiger partial charge in [0.05, 0.1) is 24.8 Å². The number of hydrogen-bond donors (Lipinski definition) is 1. The largest absolute Gasteiger partial charge is 0.496 e. The molecule has 9 heteroatoms. The number of anilines is 1. The van der Waals surface area contributed by atoms with Gasteiger partial charge < -0.3 is 24.2 Å². The van der Waals surface area contributed by atoms with Crippen LogP contribution in [0, 0.1) is 12.8 Å². The van der Waals surface area contributed by atoms with E-state index in [0.29, 0.717) is 38.8 Å². The summed E-state index contributed by atoms with van der Waals surface area (Å²) in [6, 6.07) is 11.3. The first kappa shape index (κ1) is 30.9. The van der Waals surface area contributed by atoms with Gasteiger partial charge in [-0.05, 0) is 68.4 Å². The molecular formula is C35H45N3O5S. The van der Waals surface area contributed by atoms with Gasteiger partial charge in [-0.1, -0.05) is 37.5 Å². The van der Waals surface area contributed by atoms with Gasteiger partial charge >= 0.3 is 5.97 Å². The molecule has 1 saturated heterocycles. The Morgan fingerprint density at radius 1 is 1.14 bits per heavy atom. The molecule has 44 heavy (non-hydrogen) atoms. The first-order valence-corrected chi connectivity index (χ1v) is 17.0. The Morgan fingerprint density at radius 3 is 2.75 bits per heavy atom. The molecule has 3 aromatic rings. The van der Waals surface area contributed by atoms with Gasteiger partial charge in [-0.15, -0.1) is 11.3 Å². The van der Waals surface area contributed by atoms with E-state index in [1.54, 1.807) is 18.4 Å². The summed E-state index contributed by atoms with van der Waals surface area (Å²) < 4.78 is 18.3. The SMILES string of the molecule is CCO[C@@H]1CN(c2nc(-c3cccc(C)c3OCc3cc4c(c(OC)c3)CN(C3CCCCC3)CC4)cs2)CC[C@@H]1C(=O)O. The normalized spacial score (nSPS) is 21.2. The number of carbonyl (C=O) groups is 1. The van der Waals surface area contributed by atoms with Crippen LogP contribution < -0.4 is 14.4 Å². The van der Waals surface area contributed by atoms with Crippen LogP contribution in [-0.2, 0) is 29.1 Å². The zero-order valence-electron chi connectivity index (χ0n) is 26.2. The first-order valence-electron chi connectivity index (χ1n) is 16.2. The summed E-state index contributed by atoms with van der Waals surface area (Å²) in [6.45, 7) is 8.16. The van der Waals surface area contributed by atoms with E-state index in [9.17, 15) is 9.90 Å². The van der Waals surface area contributed by atoms with E-state index in [2.05, 4.69) is 46.4 Å². The lowest BCUT2D eigenvalue weighted by Gasteiger charge is -2.38. The van der Waals surface area contributed by atoms with E-state index < -0.39 is 11.9 Å². The molecular weight excluding hydrogens is 574 g/mol. The average molecular weight is 620 g/mol. The number of fused-ring (bicyclic) bond motifs is 1. The number of nitrogens with zero attached hydrogens (tertiary/aromatic N) is 3. The second kappa shape index (κ2) is 13.9. The number of carboxylic acid groups (broad SMARTS) is 1. The monoisotopic (exact) mass is 619 g/mol. The third-order valence-corrected chi connectivity index (χ3v) is 10.5. The Hall–Kier alpha value is -3.14. The van der Waals surface area contributed by atoms with Gasteiger partial charge in [0.25, 0.3) is 0 Å². The summed E-state index contributed by atoms with van der Waals surface area (Å²) in [6.07, 6.45) is 7.95. The third kappa shape index (κ3) is 6.60. The maximum absolute atomic E-state index is 11.8. The molecule has 2 atom stereocenters. The fourth-order valence-corrected chi connectivity index (χ4v) is 8.09. The van der Waals surface area contributed by atoms with Crippen molar-refractivity contribution >= 4 is 22.4 Å². The Labute approximate surface area is 265 Å². The smallest absolute Gasteiger partial charge is 0.309 e. The van der Waals surface area contributed by atoms with Crippen molar-refractivity contribution in [2.75, 3.05) is 38.3 Å². The van der Waals surface area contributed by atoms with Crippen LogP contribution in [0.2, 0.25) is 0 Å². The molecule has 0 spiro atoms. The van der Waals surface area contributed by atoms with Crippen molar-refractivity contribution in [3.05, 3.63) is 58.0 Å². The lowest BCUT2D eigenvalue weighted by molar-refractivity contribution is -0.148. The summed E-state index contributed by atoms with van der Waals surface area (Å²) in [5, 5.41) is 12.6. The molecule has 2 aromatic carbocycles. The zero-order valence-corrected chi connectivity index (χ0v) is 27.0. The number of aromatic nitrogens is 1. The summed E-state index contributed by atoms with van der Waals surface area (Å²) in [7, 11) is 1.78. The number of carboxylic acids is 1. The number of benzene rings is 2. The molecule has 0 bridgehead atoms. The highest BCUT2D eigenvalue weighted by Gasteiger charge is 2.36. The van der Waals surface area contributed by atoms with Crippen molar-refractivity contribution in [2.45, 2.75) is 84.1 Å². The molecule has 2 fully saturated rings. The van der Waals surface area contributed by atoms with Gasteiger partial charge in [0.2, 0.25) is 0 Å². The van der Waals surface area contributed by atoms with Crippen LogP contribution in [0.1, 0.15) is 67.7 Å². The van der Waals surface area contributed by atoms with E-state index in [1.165, 1.54) is 43.2 Å². The van der Waals surface area contributed by atoms with Gasteiger partial charge in [0, 0.05) is 55.3 Å². The van der Waals surface area contributed by atoms with Crippen LogP contribution in [0.3, 0.4) is 0 Å². The predicted molar refractivity (Wildman–Crippen MR) is 174 cm³/mol. The van der Waals surface area contributed by atoms with E-state index in [4.69, 9.17) is 19.2 Å². The molecule has 1 N–H and O–H groups in total. The fraction of sp³-hybridized carbons (Fsp3) is 0.543. The second-order valence-corrected chi connectivity index (χ2v) is 13.2. The van der Waals surface area contributed by atoms with Crippen molar-refractivity contribution in [1.29, 1.82) is 0 Å². The number of aryl methyl sites for hydroxylation is 1. The molecule has 0 amide bonds. The van der Waals surface area contributed by atoms with Crippen molar-refractivity contribution in [2.24, 2.45) is 5.92 Å². The standard InChI is InChI=1S/C35H45N3O5S/c1-4-42-32-20-38(16-14-28(32)34(39)40)35-36-30(22-44-35)27-12-8-9-23(2)33(27)43-21-24-17-25-13-15-37(26-10-6-5-7-11-26)19-29(25)31(18-24)41-3/h8-9,12,17-18,22,26,28,32H,4-7,10-11,13-16,19-21H2,1-3H3,(H,39,40)/t28-,32+/m0/s1. The molecule has 1 aliphatic carbocycles. The van der Waals surface area contributed by atoms with Crippen LogP contribution >= 0.6 is 11.3 Å². The molecule has 1 aromatic heterocycles. The number of para-hydroxylation sites is 1. The number of hydrogen-bond acceptors (Lipinski definition) is 8. The fourth-order valence-electron chi connectivity index (χ4n) is 7.23. The summed E-state index contributed by atoms with van der Waals surface area (Å²) in [5.41, 5.74) is 6.71. The second-order valence-electron chi connectivity index (χ2n) is 12.4. The lowest BCUT2D eigenvalue weighted by atomic mass is 9.90.